The van der Waals surface area contributed by atoms with Crippen LogP contribution in [0.4, 0.5) is 29.5 Å². The van der Waals surface area contributed by atoms with Crippen LogP contribution in [-0.2, 0) is 6.18 Å². The van der Waals surface area contributed by atoms with Crippen LogP contribution < -0.4 is 15.4 Å². The second-order valence-corrected chi connectivity index (χ2v) is 6.17. The summed E-state index contributed by atoms with van der Waals surface area (Å²) < 4.78 is 44.3. The average molecular weight is 418 g/mol. The molecule has 0 atom stereocenters. The monoisotopic (exact) mass is 417 g/mol. The lowest BCUT2D eigenvalue weighted by atomic mass is 10.2. The molecular weight excluding hydrogens is 403 g/mol. The lowest BCUT2D eigenvalue weighted by Crippen LogP contribution is -2.20. The van der Waals surface area contributed by atoms with Gasteiger partial charge < -0.3 is 10.1 Å². The Kier molecular flexibility index (Phi) is 5.89. The summed E-state index contributed by atoms with van der Waals surface area (Å²) >= 11 is 3.34. The van der Waals surface area contributed by atoms with Crippen molar-refractivity contribution in [3.8, 4) is 5.75 Å². The fourth-order valence-electron chi connectivity index (χ4n) is 1.88. The number of anilines is 2. The Hall–Kier alpha value is -2.29. The zero-order chi connectivity index (χ0) is 18.6. The molecule has 9 heteroatoms. The zero-order valence-electron chi connectivity index (χ0n) is 13.3. The van der Waals surface area contributed by atoms with Gasteiger partial charge in [0.05, 0.1) is 16.1 Å². The highest BCUT2D eigenvalue weighted by Gasteiger charge is 2.30. The van der Waals surface area contributed by atoms with Gasteiger partial charge >= 0.3 is 12.2 Å². The maximum atomic E-state index is 12.7. The highest BCUT2D eigenvalue weighted by molar-refractivity contribution is 9.10. The molecule has 0 spiro atoms. The van der Waals surface area contributed by atoms with Gasteiger partial charge in [0.15, 0.2) is 0 Å². The molecule has 2 N–H and O–H groups in total. The van der Waals surface area contributed by atoms with Crippen molar-refractivity contribution in [2.75, 3.05) is 10.6 Å². The van der Waals surface area contributed by atoms with Crippen molar-refractivity contribution in [2.45, 2.75) is 26.1 Å². The highest BCUT2D eigenvalue weighted by Crippen LogP contribution is 2.30. The van der Waals surface area contributed by atoms with Crippen LogP contribution in [0.15, 0.2) is 41.0 Å². The lowest BCUT2D eigenvalue weighted by Gasteiger charge is -2.14. The van der Waals surface area contributed by atoms with Crippen molar-refractivity contribution in [2.24, 2.45) is 0 Å². The van der Waals surface area contributed by atoms with Gasteiger partial charge in [-0.3, -0.25) is 5.32 Å². The standard InChI is InChI=1S/C16H15BrF3N3O2/c1-9(2)25-13-8-11(3-4-12(13)17)22-15(24)23-14-7-10(5-6-21-14)16(18,19)20/h3-9H,1-2H3,(H2,21,22,23,24). The molecule has 25 heavy (non-hydrogen) atoms. The number of urea groups is 1. The van der Waals surface area contributed by atoms with Gasteiger partial charge in [-0.2, -0.15) is 13.2 Å². The molecule has 0 fully saturated rings. The summed E-state index contributed by atoms with van der Waals surface area (Å²) in [7, 11) is 0. The second-order valence-electron chi connectivity index (χ2n) is 5.32. The summed E-state index contributed by atoms with van der Waals surface area (Å²) in [4.78, 5) is 15.7. The summed E-state index contributed by atoms with van der Waals surface area (Å²) in [5, 5.41) is 4.78. The number of benzene rings is 1. The number of ether oxygens (including phenoxy) is 1. The van der Waals surface area contributed by atoms with E-state index < -0.39 is 17.8 Å². The van der Waals surface area contributed by atoms with E-state index in [4.69, 9.17) is 4.74 Å². The van der Waals surface area contributed by atoms with E-state index >= 15 is 0 Å². The number of alkyl halides is 3. The predicted octanol–water partition coefficient (Wildman–Crippen LogP) is 5.29. The van der Waals surface area contributed by atoms with Crippen molar-refractivity contribution >= 4 is 33.5 Å². The molecule has 0 unspecified atom stereocenters. The fraction of sp³-hybridized carbons (Fsp3) is 0.250. The number of nitrogens with one attached hydrogen (secondary N) is 2. The number of rotatable bonds is 4. The van der Waals surface area contributed by atoms with E-state index in [9.17, 15) is 18.0 Å². The summed E-state index contributed by atoms with van der Waals surface area (Å²) in [6.45, 7) is 3.72. The third kappa shape index (κ3) is 5.63. The summed E-state index contributed by atoms with van der Waals surface area (Å²) in [6.07, 6.45) is -3.59. The Morgan fingerprint density at radius 1 is 1.20 bits per heavy atom. The molecule has 1 aromatic heterocycles. The maximum Gasteiger partial charge on any atom is 0.416 e. The largest absolute Gasteiger partial charge is 0.490 e. The third-order valence-electron chi connectivity index (χ3n) is 2.88. The van der Waals surface area contributed by atoms with Gasteiger partial charge in [-0.15, -0.1) is 0 Å². The second kappa shape index (κ2) is 7.73. The topological polar surface area (TPSA) is 63.2 Å². The summed E-state index contributed by atoms with van der Waals surface area (Å²) in [6, 6.07) is 5.78. The van der Waals surface area contributed by atoms with Crippen molar-refractivity contribution in [1.82, 2.24) is 4.98 Å². The molecule has 0 aliphatic carbocycles. The minimum absolute atomic E-state index is 0.0605. The first-order chi connectivity index (χ1) is 11.6. The minimum atomic E-state index is -4.51. The van der Waals surface area contributed by atoms with Gasteiger partial charge in [-0.05, 0) is 54.0 Å². The number of hydrogen-bond donors (Lipinski definition) is 2. The Bertz CT molecular complexity index is 767. The van der Waals surface area contributed by atoms with E-state index in [0.717, 1.165) is 18.3 Å². The number of amides is 2. The number of pyridine rings is 1. The molecule has 0 bridgehead atoms. The maximum absolute atomic E-state index is 12.7. The van der Waals surface area contributed by atoms with Gasteiger partial charge in [0, 0.05) is 18.0 Å². The first kappa shape index (κ1) is 19.0. The molecule has 2 amide bonds. The molecule has 5 nitrogen and oxygen atoms in total. The van der Waals surface area contributed by atoms with Crippen molar-refractivity contribution in [3.05, 3.63) is 46.6 Å². The Morgan fingerprint density at radius 2 is 1.92 bits per heavy atom. The van der Waals surface area contributed by atoms with E-state index in [1.54, 1.807) is 18.2 Å². The van der Waals surface area contributed by atoms with Crippen LogP contribution in [0.2, 0.25) is 0 Å². The number of carbonyl (C=O) groups excluding carboxylic acids is 1. The van der Waals surface area contributed by atoms with E-state index in [0.29, 0.717) is 15.9 Å². The molecular formula is C16H15BrF3N3O2. The number of nitrogens with zero attached hydrogens (tertiary/aromatic N) is 1. The normalized spacial score (nSPS) is 11.3. The molecule has 2 aromatic rings. The van der Waals surface area contributed by atoms with Gasteiger partial charge in [0.1, 0.15) is 11.6 Å². The third-order valence-corrected chi connectivity index (χ3v) is 3.54. The average Bonchev–Trinajstić information content (AvgIpc) is 2.49. The molecule has 2 rings (SSSR count). The predicted molar refractivity (Wildman–Crippen MR) is 91.8 cm³/mol. The number of aromatic nitrogens is 1. The SMILES string of the molecule is CC(C)Oc1cc(NC(=O)Nc2cc(C(F)(F)F)ccn2)ccc1Br. The first-order valence-electron chi connectivity index (χ1n) is 7.22. The Balaban J connectivity index is 2.08. The molecule has 134 valence electrons. The van der Waals surface area contributed by atoms with Crippen LogP contribution in [0, 0.1) is 0 Å². The molecule has 1 heterocycles. The highest BCUT2D eigenvalue weighted by atomic mass is 79.9. The van der Waals surface area contributed by atoms with Gasteiger partial charge in [0.2, 0.25) is 0 Å². The van der Waals surface area contributed by atoms with Crippen LogP contribution in [-0.4, -0.2) is 17.1 Å². The van der Waals surface area contributed by atoms with Crippen LogP contribution >= 0.6 is 15.9 Å². The zero-order valence-corrected chi connectivity index (χ0v) is 14.9. The van der Waals surface area contributed by atoms with Gasteiger partial charge in [-0.1, -0.05) is 0 Å². The van der Waals surface area contributed by atoms with Crippen LogP contribution in [0.1, 0.15) is 19.4 Å². The molecule has 0 saturated carbocycles. The smallest absolute Gasteiger partial charge is 0.416 e. The summed E-state index contributed by atoms with van der Waals surface area (Å²) in [5.74, 6) is 0.327. The van der Waals surface area contributed by atoms with Crippen molar-refractivity contribution in [3.63, 3.8) is 0 Å². The number of hydrogen-bond acceptors (Lipinski definition) is 3. The van der Waals surface area contributed by atoms with Crippen molar-refractivity contribution < 1.29 is 22.7 Å². The molecule has 0 aliphatic rings. The Labute approximate surface area is 150 Å². The van der Waals surface area contributed by atoms with E-state index in [1.807, 2.05) is 13.8 Å². The van der Waals surface area contributed by atoms with E-state index in [-0.39, 0.29) is 11.9 Å². The van der Waals surface area contributed by atoms with Crippen LogP contribution in [0.25, 0.3) is 0 Å². The lowest BCUT2D eigenvalue weighted by molar-refractivity contribution is -0.137. The van der Waals surface area contributed by atoms with Crippen LogP contribution in [0.5, 0.6) is 5.75 Å². The Morgan fingerprint density at radius 3 is 2.56 bits per heavy atom. The minimum Gasteiger partial charge on any atom is -0.490 e. The van der Waals surface area contributed by atoms with E-state index in [2.05, 4.69) is 31.5 Å². The summed E-state index contributed by atoms with van der Waals surface area (Å²) in [5.41, 5.74) is -0.475. The number of carbonyl (C=O) groups is 1. The molecule has 1 aromatic carbocycles. The van der Waals surface area contributed by atoms with Gasteiger partial charge in [0.25, 0.3) is 0 Å². The molecule has 0 aliphatic heterocycles. The van der Waals surface area contributed by atoms with Gasteiger partial charge in [-0.25, -0.2) is 9.78 Å². The quantitative estimate of drug-likeness (QED) is 0.709. The first-order valence-corrected chi connectivity index (χ1v) is 8.02. The molecule has 0 saturated heterocycles. The number of halogens is 4. The fourth-order valence-corrected chi connectivity index (χ4v) is 2.22. The van der Waals surface area contributed by atoms with E-state index in [1.165, 1.54) is 0 Å². The molecule has 0 radical (unpaired) electrons. The van der Waals surface area contributed by atoms with Crippen molar-refractivity contribution in [1.29, 1.82) is 0 Å². The van der Waals surface area contributed by atoms with Crippen LogP contribution in [0.3, 0.4) is 0 Å².